The highest BCUT2D eigenvalue weighted by molar-refractivity contribution is 7.96. The number of aliphatic hydroxyl groups is 1. The average molecular weight is 624 g/mol. The van der Waals surface area contributed by atoms with E-state index in [0.717, 1.165) is 39.1 Å². The maximum atomic E-state index is 12.4. The van der Waals surface area contributed by atoms with E-state index in [2.05, 4.69) is 36.1 Å². The molecule has 1 fully saturated rings. The molecule has 1 aliphatic heterocycles. The minimum atomic E-state index is -0.631. The molecule has 0 spiro atoms. The van der Waals surface area contributed by atoms with E-state index in [0.29, 0.717) is 46.3 Å². The molecule has 4 N–H and O–H groups in total. The van der Waals surface area contributed by atoms with Gasteiger partial charge in [0.1, 0.15) is 23.7 Å². The summed E-state index contributed by atoms with van der Waals surface area (Å²) in [7, 11) is 1.59. The van der Waals surface area contributed by atoms with Crippen molar-refractivity contribution >= 4 is 40.4 Å². The molecule has 0 atom stereocenters. The molecule has 2 amide bonds. The molecule has 13 heteroatoms. The van der Waals surface area contributed by atoms with Gasteiger partial charge in [-0.15, -0.1) is 0 Å². The van der Waals surface area contributed by atoms with Crippen LogP contribution in [0.4, 0.5) is 10.5 Å². The first kappa shape index (κ1) is 32.8. The first-order valence-electron chi connectivity index (χ1n) is 14.4. The zero-order chi connectivity index (χ0) is 31.7. The molecule has 12 nitrogen and oxygen atoms in total. The van der Waals surface area contributed by atoms with Gasteiger partial charge in [0.2, 0.25) is 5.88 Å². The number of hydrogen-bond donors (Lipinski definition) is 4. The molecule has 0 aliphatic carbocycles. The van der Waals surface area contributed by atoms with Crippen molar-refractivity contribution in [3.05, 3.63) is 54.6 Å². The van der Waals surface area contributed by atoms with Crippen molar-refractivity contribution in [3.63, 3.8) is 0 Å². The number of allylic oxidation sites excluding steroid dienone is 1. The van der Waals surface area contributed by atoms with Gasteiger partial charge in [0.15, 0.2) is 11.5 Å². The van der Waals surface area contributed by atoms with Gasteiger partial charge >= 0.3 is 6.03 Å². The molecule has 1 saturated heterocycles. The van der Waals surface area contributed by atoms with E-state index in [9.17, 15) is 9.90 Å². The number of methoxy groups -OCH3 is 1. The number of urea groups is 1. The second kappa shape index (κ2) is 15.1. The number of anilines is 1. The van der Waals surface area contributed by atoms with Gasteiger partial charge in [0.25, 0.3) is 0 Å². The number of benzene rings is 2. The molecule has 0 unspecified atom stereocenters. The van der Waals surface area contributed by atoms with E-state index in [4.69, 9.17) is 19.6 Å². The predicted octanol–water partition coefficient (Wildman–Crippen LogP) is 5.68. The maximum absolute atomic E-state index is 12.4. The number of rotatable bonds is 11. The Morgan fingerprint density at radius 2 is 1.91 bits per heavy atom. The Morgan fingerprint density at radius 1 is 1.14 bits per heavy atom. The lowest BCUT2D eigenvalue weighted by Crippen LogP contribution is -2.43. The molecule has 0 radical (unpaired) electrons. The van der Waals surface area contributed by atoms with Crippen LogP contribution in [0.3, 0.4) is 0 Å². The van der Waals surface area contributed by atoms with Gasteiger partial charge in [-0.05, 0) is 30.9 Å². The summed E-state index contributed by atoms with van der Waals surface area (Å²) in [6, 6.07) is 9.77. The maximum Gasteiger partial charge on any atom is 0.324 e. The standard InChI is InChI=1S/C31H41N7O5S/c1-31(2,3)27(39)19-28(32)36-30(40)35-21-8-6-9-22(16-21)43-29-23-17-25(41-4)26(18-24(23)33-20-34-29)42-15-7-10-37-11-13-38(44-5)14-12-37/h6,8-9,16-20,39H,7,10-15H2,1-5H3,(H3,32,35,36,40)/b27-19-. The van der Waals surface area contributed by atoms with Crippen LogP contribution in [0.25, 0.3) is 10.9 Å². The Morgan fingerprint density at radius 3 is 2.61 bits per heavy atom. The highest BCUT2D eigenvalue weighted by Crippen LogP contribution is 2.36. The number of carbonyl (C=O) groups excluding carboxylic acids is 1. The Hall–Kier alpha value is -4.07. The summed E-state index contributed by atoms with van der Waals surface area (Å²) in [5, 5.41) is 23.7. The van der Waals surface area contributed by atoms with E-state index in [1.165, 1.54) is 12.4 Å². The smallest absolute Gasteiger partial charge is 0.324 e. The van der Waals surface area contributed by atoms with Crippen LogP contribution < -0.4 is 24.8 Å². The molecular formula is C31H41N7O5S. The number of ether oxygens (including phenoxy) is 3. The predicted molar refractivity (Wildman–Crippen MR) is 174 cm³/mol. The Labute approximate surface area is 262 Å². The zero-order valence-electron chi connectivity index (χ0n) is 25.8. The minimum Gasteiger partial charge on any atom is -0.512 e. The Balaban J connectivity index is 1.38. The highest BCUT2D eigenvalue weighted by atomic mass is 32.2. The number of piperazine rings is 1. The Kier molecular flexibility index (Phi) is 11.3. The second-order valence-corrected chi connectivity index (χ2v) is 12.1. The molecular weight excluding hydrogens is 582 g/mol. The van der Waals surface area contributed by atoms with Gasteiger partial charge in [-0.3, -0.25) is 10.7 Å². The van der Waals surface area contributed by atoms with Crippen LogP contribution in [0.5, 0.6) is 23.1 Å². The second-order valence-electron chi connectivity index (χ2n) is 11.3. The summed E-state index contributed by atoms with van der Waals surface area (Å²) in [5.41, 5.74) is 0.538. The van der Waals surface area contributed by atoms with Crippen molar-refractivity contribution in [2.45, 2.75) is 27.2 Å². The third-order valence-electron chi connectivity index (χ3n) is 6.95. The summed E-state index contributed by atoms with van der Waals surface area (Å²) < 4.78 is 20.2. The largest absolute Gasteiger partial charge is 0.512 e. The number of nitrogens with zero attached hydrogens (tertiary/aromatic N) is 4. The molecule has 2 heterocycles. The van der Waals surface area contributed by atoms with Gasteiger partial charge in [-0.1, -0.05) is 38.8 Å². The van der Waals surface area contributed by atoms with Crippen molar-refractivity contribution in [1.29, 1.82) is 5.41 Å². The molecule has 2 aromatic carbocycles. The first-order valence-corrected chi connectivity index (χ1v) is 15.6. The van der Waals surface area contributed by atoms with Crippen LogP contribution in [-0.4, -0.2) is 88.8 Å². The van der Waals surface area contributed by atoms with E-state index >= 15 is 0 Å². The van der Waals surface area contributed by atoms with Crippen molar-refractivity contribution in [1.82, 2.24) is 24.5 Å². The van der Waals surface area contributed by atoms with Gasteiger partial charge < -0.3 is 29.5 Å². The molecule has 0 saturated carbocycles. The monoisotopic (exact) mass is 623 g/mol. The average Bonchev–Trinajstić information content (AvgIpc) is 2.99. The summed E-state index contributed by atoms with van der Waals surface area (Å²) >= 11 is 1.80. The lowest BCUT2D eigenvalue weighted by Gasteiger charge is -2.33. The summed E-state index contributed by atoms with van der Waals surface area (Å²) in [4.78, 5) is 23.6. The third-order valence-corrected chi connectivity index (χ3v) is 7.84. The highest BCUT2D eigenvalue weighted by Gasteiger charge is 2.18. The molecule has 44 heavy (non-hydrogen) atoms. The van der Waals surface area contributed by atoms with Crippen LogP contribution in [0.2, 0.25) is 0 Å². The number of amides is 2. The number of aliphatic hydroxyl groups excluding tert-OH is 1. The summed E-state index contributed by atoms with van der Waals surface area (Å²) in [6.07, 6.45) is 5.65. The molecule has 0 bridgehead atoms. The van der Waals surface area contributed by atoms with Gasteiger partial charge in [-0.25, -0.2) is 19.1 Å². The van der Waals surface area contributed by atoms with Crippen LogP contribution in [0.15, 0.2) is 54.6 Å². The van der Waals surface area contributed by atoms with Crippen molar-refractivity contribution in [2.24, 2.45) is 5.41 Å². The lowest BCUT2D eigenvalue weighted by atomic mass is 9.93. The quantitative estimate of drug-likeness (QED) is 0.0692. The number of carbonyl (C=O) groups is 1. The van der Waals surface area contributed by atoms with Crippen LogP contribution in [0, 0.1) is 10.8 Å². The van der Waals surface area contributed by atoms with Crippen LogP contribution in [0.1, 0.15) is 27.2 Å². The van der Waals surface area contributed by atoms with Gasteiger partial charge in [0, 0.05) is 62.0 Å². The zero-order valence-corrected chi connectivity index (χ0v) is 26.7. The number of nitrogens with one attached hydrogen (secondary N) is 3. The molecule has 1 aliphatic rings. The fourth-order valence-corrected chi connectivity index (χ4v) is 4.95. The van der Waals surface area contributed by atoms with Gasteiger partial charge in [0.05, 0.1) is 24.6 Å². The number of fused-ring (bicyclic) bond motifs is 1. The SMILES string of the molecule is COc1cc2c(Oc3cccc(NC(=O)NC(=N)/C=C(\O)C(C)(C)C)c3)ncnc2cc1OCCCN1CCN(SC)CC1. The molecule has 3 aromatic rings. The van der Waals surface area contributed by atoms with Crippen molar-refractivity contribution < 1.29 is 24.1 Å². The van der Waals surface area contributed by atoms with E-state index < -0.39 is 11.4 Å². The summed E-state index contributed by atoms with van der Waals surface area (Å²) in [6.45, 7) is 11.2. The third kappa shape index (κ3) is 9.21. The van der Waals surface area contributed by atoms with Crippen LogP contribution >= 0.6 is 11.9 Å². The summed E-state index contributed by atoms with van der Waals surface area (Å²) in [5.74, 6) is 1.65. The van der Waals surface area contributed by atoms with Gasteiger partial charge in [-0.2, -0.15) is 0 Å². The minimum absolute atomic E-state index is 0.0125. The van der Waals surface area contributed by atoms with E-state index in [-0.39, 0.29) is 11.6 Å². The fraction of sp³-hybridized carbons (Fsp3) is 0.419. The lowest BCUT2D eigenvalue weighted by molar-refractivity contribution is 0.180. The normalized spacial score (nSPS) is 14.7. The Bertz CT molecular complexity index is 1490. The molecule has 236 valence electrons. The fourth-order valence-electron chi connectivity index (χ4n) is 4.42. The topological polar surface area (TPSA) is 145 Å². The molecule has 1 aromatic heterocycles. The van der Waals surface area contributed by atoms with Crippen molar-refractivity contribution in [3.8, 4) is 23.1 Å². The number of aromatic nitrogens is 2. The van der Waals surface area contributed by atoms with E-state index in [1.54, 1.807) is 70.2 Å². The van der Waals surface area contributed by atoms with Crippen molar-refractivity contribution in [2.75, 3.05) is 58.0 Å². The molecule has 4 rings (SSSR count). The number of amidine groups is 1. The van der Waals surface area contributed by atoms with E-state index in [1.807, 2.05) is 6.07 Å². The van der Waals surface area contributed by atoms with Crippen LogP contribution in [-0.2, 0) is 0 Å². The number of hydrogen-bond acceptors (Lipinski definition) is 11. The first-order chi connectivity index (χ1) is 21.0.